The molecule has 0 bridgehead atoms. The third-order valence-corrected chi connectivity index (χ3v) is 9.07. The van der Waals surface area contributed by atoms with Crippen LogP contribution in [0.1, 0.15) is 53.8 Å². The van der Waals surface area contributed by atoms with Gasteiger partial charge >= 0.3 is 0 Å². The number of carbonyl (C=O) groups excluding carboxylic acids is 2. The lowest BCUT2D eigenvalue weighted by Crippen LogP contribution is -2.39. The minimum absolute atomic E-state index is 0.0800. The molecule has 1 saturated carbocycles. The van der Waals surface area contributed by atoms with Crippen molar-refractivity contribution in [2.45, 2.75) is 37.0 Å². The van der Waals surface area contributed by atoms with Crippen molar-refractivity contribution >= 4 is 28.4 Å². The number of hydrogen-bond donors (Lipinski definition) is 1. The summed E-state index contributed by atoms with van der Waals surface area (Å²) < 4.78 is 10.9. The summed E-state index contributed by atoms with van der Waals surface area (Å²) in [7, 11) is 3.28. The number of hydrogen-bond acceptors (Lipinski definition) is 4. The lowest BCUT2D eigenvalue weighted by molar-refractivity contribution is -0.123. The number of imide groups is 1. The first kappa shape index (κ1) is 23.1. The Balaban J connectivity index is 1.38. The number of H-pyrrole nitrogens is 1. The summed E-state index contributed by atoms with van der Waals surface area (Å²) in [6.07, 6.45) is 2.93. The molecule has 2 aliphatic carbocycles. The van der Waals surface area contributed by atoms with Gasteiger partial charge in [-0.1, -0.05) is 30.3 Å². The van der Waals surface area contributed by atoms with Gasteiger partial charge in [0.05, 0.1) is 31.7 Å². The fourth-order valence-electron chi connectivity index (χ4n) is 7.39. The van der Waals surface area contributed by atoms with Crippen LogP contribution in [-0.2, 0) is 9.59 Å². The van der Waals surface area contributed by atoms with Gasteiger partial charge < -0.3 is 14.5 Å². The number of methoxy groups -OCH3 is 2. The number of nitrogens with one attached hydrogen (secondary N) is 1. The van der Waals surface area contributed by atoms with Crippen LogP contribution in [0.4, 0.5) is 5.69 Å². The van der Waals surface area contributed by atoms with E-state index in [1.807, 2.05) is 18.2 Å². The molecular formula is C32H30N2O4. The summed E-state index contributed by atoms with van der Waals surface area (Å²) in [4.78, 5) is 33.3. The fraction of sp³-hybridized carbons (Fsp3) is 0.312. The van der Waals surface area contributed by atoms with Gasteiger partial charge in [-0.05, 0) is 90.6 Å². The number of amides is 2. The van der Waals surface area contributed by atoms with Crippen LogP contribution in [-0.4, -0.2) is 31.0 Å². The standard InChI is InChI=1S/C32H30N2O4/c1-37-21-11-9-20(10-12-21)34-31(35)28-24-16-19(18-6-4-3-5-7-18)8-14-23(24)27-25-17-22(38-2)13-15-26(25)33-30(27)29(28)32(34)36/h3-7,9-13,15,17,19,23-24,28-29,33H,8,14,16H2,1-2H3/t19-,23-,24-,28?,29+/m1/s1. The lowest BCUT2D eigenvalue weighted by atomic mass is 9.58. The molecule has 3 aliphatic rings. The van der Waals surface area contributed by atoms with Gasteiger partial charge in [0.15, 0.2) is 0 Å². The van der Waals surface area contributed by atoms with E-state index >= 15 is 0 Å². The maximum atomic E-state index is 14.2. The van der Waals surface area contributed by atoms with Crippen LogP contribution in [0.25, 0.3) is 10.9 Å². The van der Waals surface area contributed by atoms with Gasteiger partial charge in [0.25, 0.3) is 0 Å². The van der Waals surface area contributed by atoms with E-state index in [0.717, 1.165) is 41.6 Å². The minimum Gasteiger partial charge on any atom is -0.497 e. The first-order chi connectivity index (χ1) is 18.6. The normalized spacial score (nSPS) is 26.2. The number of aromatic nitrogens is 1. The van der Waals surface area contributed by atoms with E-state index in [1.165, 1.54) is 16.0 Å². The van der Waals surface area contributed by atoms with Crippen LogP contribution in [0.5, 0.6) is 11.5 Å². The van der Waals surface area contributed by atoms with Crippen molar-refractivity contribution in [3.8, 4) is 11.5 Å². The number of carbonyl (C=O) groups is 2. The SMILES string of the molecule is COc1ccc(N2C(=O)C3[C@H](C2=O)c2[nH]c4ccc(OC)cc4c2[C@@H]2CC[C@@H](c4ccccc4)C[C@@H]32)cc1. The van der Waals surface area contributed by atoms with E-state index < -0.39 is 5.92 Å². The molecule has 1 unspecified atom stereocenters. The highest BCUT2D eigenvalue weighted by Crippen LogP contribution is 2.59. The molecule has 5 atom stereocenters. The third-order valence-electron chi connectivity index (χ3n) is 9.07. The van der Waals surface area contributed by atoms with E-state index in [1.54, 1.807) is 38.5 Å². The topological polar surface area (TPSA) is 71.6 Å². The Kier molecular flexibility index (Phi) is 5.32. The van der Waals surface area contributed by atoms with E-state index in [2.05, 4.69) is 35.3 Å². The highest BCUT2D eigenvalue weighted by molar-refractivity contribution is 6.24. The second-order valence-corrected chi connectivity index (χ2v) is 10.8. The predicted molar refractivity (Wildman–Crippen MR) is 146 cm³/mol. The predicted octanol–water partition coefficient (Wildman–Crippen LogP) is 6.14. The molecule has 6 nitrogen and oxygen atoms in total. The number of aromatic amines is 1. The number of anilines is 1. The van der Waals surface area contributed by atoms with Gasteiger partial charge in [-0.2, -0.15) is 0 Å². The van der Waals surface area contributed by atoms with Gasteiger partial charge in [0.1, 0.15) is 11.5 Å². The van der Waals surface area contributed by atoms with Gasteiger partial charge in [0.2, 0.25) is 11.8 Å². The molecule has 3 aromatic carbocycles. The number of nitrogens with zero attached hydrogens (tertiary/aromatic N) is 1. The Morgan fingerprint density at radius 3 is 2.32 bits per heavy atom. The van der Waals surface area contributed by atoms with Crippen LogP contribution in [0.2, 0.25) is 0 Å². The summed E-state index contributed by atoms with van der Waals surface area (Å²) in [5.41, 5.74) is 5.02. The van der Waals surface area contributed by atoms with E-state index in [4.69, 9.17) is 9.47 Å². The van der Waals surface area contributed by atoms with Crippen molar-refractivity contribution in [2.24, 2.45) is 11.8 Å². The highest BCUT2D eigenvalue weighted by atomic mass is 16.5. The number of ether oxygens (including phenoxy) is 2. The van der Waals surface area contributed by atoms with Gasteiger partial charge in [-0.3, -0.25) is 9.59 Å². The summed E-state index contributed by atoms with van der Waals surface area (Å²) in [6, 6.07) is 23.8. The molecule has 1 saturated heterocycles. The molecule has 1 N–H and O–H groups in total. The monoisotopic (exact) mass is 506 g/mol. The molecule has 38 heavy (non-hydrogen) atoms. The van der Waals surface area contributed by atoms with Crippen molar-refractivity contribution in [3.05, 3.63) is 89.6 Å². The molecule has 192 valence electrons. The second-order valence-electron chi connectivity index (χ2n) is 10.8. The number of fused-ring (bicyclic) bond motifs is 8. The maximum Gasteiger partial charge on any atom is 0.243 e. The minimum atomic E-state index is -0.520. The Morgan fingerprint density at radius 2 is 1.58 bits per heavy atom. The molecule has 7 rings (SSSR count). The quantitative estimate of drug-likeness (QED) is 0.338. The first-order valence-electron chi connectivity index (χ1n) is 13.4. The molecule has 4 aromatic rings. The Hall–Kier alpha value is -4.06. The smallest absolute Gasteiger partial charge is 0.243 e. The van der Waals surface area contributed by atoms with E-state index in [9.17, 15) is 9.59 Å². The zero-order valence-electron chi connectivity index (χ0n) is 21.5. The first-order valence-corrected chi connectivity index (χ1v) is 13.4. The number of rotatable bonds is 4. The molecule has 1 aliphatic heterocycles. The van der Waals surface area contributed by atoms with Crippen LogP contribution >= 0.6 is 0 Å². The molecule has 2 amide bonds. The van der Waals surface area contributed by atoms with Crippen LogP contribution in [0.15, 0.2) is 72.8 Å². The largest absolute Gasteiger partial charge is 0.497 e. The molecule has 2 heterocycles. The molecule has 1 aromatic heterocycles. The Labute approximate surface area is 221 Å². The third kappa shape index (κ3) is 3.32. The van der Waals surface area contributed by atoms with Crippen molar-refractivity contribution in [2.75, 3.05) is 19.1 Å². The number of benzene rings is 3. The second kappa shape index (κ2) is 8.76. The summed E-state index contributed by atoms with van der Waals surface area (Å²) in [5, 5.41) is 1.11. The fourth-order valence-corrected chi connectivity index (χ4v) is 7.39. The van der Waals surface area contributed by atoms with Crippen molar-refractivity contribution in [3.63, 3.8) is 0 Å². The van der Waals surface area contributed by atoms with Crippen LogP contribution < -0.4 is 14.4 Å². The maximum absolute atomic E-state index is 14.2. The van der Waals surface area contributed by atoms with Crippen molar-refractivity contribution < 1.29 is 19.1 Å². The van der Waals surface area contributed by atoms with Crippen molar-refractivity contribution in [1.82, 2.24) is 4.98 Å². The summed E-state index contributed by atoms with van der Waals surface area (Å²) in [5.74, 6) is 1.01. The zero-order valence-corrected chi connectivity index (χ0v) is 21.5. The van der Waals surface area contributed by atoms with Crippen molar-refractivity contribution in [1.29, 1.82) is 0 Å². The molecule has 0 spiro atoms. The van der Waals surface area contributed by atoms with E-state index in [-0.39, 0.29) is 29.6 Å². The lowest BCUT2D eigenvalue weighted by Gasteiger charge is -2.43. The van der Waals surface area contributed by atoms with Crippen LogP contribution in [0.3, 0.4) is 0 Å². The van der Waals surface area contributed by atoms with Gasteiger partial charge in [-0.15, -0.1) is 0 Å². The molecule has 6 heteroatoms. The summed E-state index contributed by atoms with van der Waals surface area (Å²) in [6.45, 7) is 0. The van der Waals surface area contributed by atoms with Crippen LogP contribution in [0, 0.1) is 11.8 Å². The van der Waals surface area contributed by atoms with Gasteiger partial charge in [0, 0.05) is 16.6 Å². The Bertz CT molecular complexity index is 1540. The molecule has 2 fully saturated rings. The highest BCUT2D eigenvalue weighted by Gasteiger charge is 2.59. The molecule has 0 radical (unpaired) electrons. The van der Waals surface area contributed by atoms with Gasteiger partial charge in [-0.25, -0.2) is 4.90 Å². The molecular weight excluding hydrogens is 476 g/mol. The summed E-state index contributed by atoms with van der Waals surface area (Å²) >= 11 is 0. The zero-order chi connectivity index (χ0) is 26.0. The average molecular weight is 507 g/mol. The van der Waals surface area contributed by atoms with E-state index in [0.29, 0.717) is 17.4 Å². The average Bonchev–Trinajstić information content (AvgIpc) is 3.47. The Morgan fingerprint density at radius 1 is 0.842 bits per heavy atom.